The van der Waals surface area contributed by atoms with Gasteiger partial charge >= 0.3 is 0 Å². The van der Waals surface area contributed by atoms with Crippen molar-refractivity contribution in [2.75, 3.05) is 19.0 Å². The highest BCUT2D eigenvalue weighted by atomic mass is 79.9. The molecule has 0 saturated carbocycles. The van der Waals surface area contributed by atoms with E-state index in [-0.39, 0.29) is 18.5 Å². The number of hydrogen-bond donors (Lipinski definition) is 2. The second-order valence-electron chi connectivity index (χ2n) is 5.45. The predicted molar refractivity (Wildman–Crippen MR) is 104 cm³/mol. The summed E-state index contributed by atoms with van der Waals surface area (Å²) in [6.45, 7) is 2.00. The van der Waals surface area contributed by atoms with Crippen molar-refractivity contribution >= 4 is 39.3 Å². The van der Waals surface area contributed by atoms with Crippen LogP contribution in [-0.2, 0) is 4.79 Å². The maximum atomic E-state index is 12.6. The molecule has 26 heavy (non-hydrogen) atoms. The molecule has 0 aromatic heterocycles. The highest BCUT2D eigenvalue weighted by Crippen LogP contribution is 2.35. The number of halogens is 3. The van der Waals surface area contributed by atoms with Crippen LogP contribution in [0.15, 0.2) is 51.8 Å². The van der Waals surface area contributed by atoms with Crippen molar-refractivity contribution in [2.45, 2.75) is 23.6 Å². The van der Waals surface area contributed by atoms with Gasteiger partial charge in [0.2, 0.25) is 5.91 Å². The van der Waals surface area contributed by atoms with E-state index in [0.29, 0.717) is 28.1 Å². The number of hydrogen-bond acceptors (Lipinski definition) is 4. The Balaban J connectivity index is 1.94. The summed E-state index contributed by atoms with van der Waals surface area (Å²) in [4.78, 5) is 12.4. The molecular formula is C18H19BrF2N2O2S. The van der Waals surface area contributed by atoms with Crippen LogP contribution in [0.3, 0.4) is 0 Å². The van der Waals surface area contributed by atoms with Gasteiger partial charge in [-0.2, -0.15) is 8.78 Å². The number of rotatable bonds is 8. The van der Waals surface area contributed by atoms with Gasteiger partial charge in [0.1, 0.15) is 5.75 Å². The molecule has 0 unspecified atom stereocenters. The zero-order valence-corrected chi connectivity index (χ0v) is 16.7. The lowest BCUT2D eigenvalue weighted by Gasteiger charge is -2.16. The molecule has 1 amide bonds. The van der Waals surface area contributed by atoms with Gasteiger partial charge in [0.25, 0.3) is 5.76 Å². The minimum absolute atomic E-state index is 0.115. The van der Waals surface area contributed by atoms with Crippen LogP contribution in [0.4, 0.5) is 14.5 Å². The van der Waals surface area contributed by atoms with Gasteiger partial charge in [-0.3, -0.25) is 4.79 Å². The van der Waals surface area contributed by atoms with Crippen molar-refractivity contribution in [1.82, 2.24) is 5.32 Å². The first kappa shape index (κ1) is 20.7. The van der Waals surface area contributed by atoms with Crippen molar-refractivity contribution < 1.29 is 18.3 Å². The number of thioether (sulfide) groups is 1. The van der Waals surface area contributed by atoms with Crippen LogP contribution in [0.25, 0.3) is 0 Å². The number of carbonyl (C=O) groups excluding carboxylic acids is 1. The quantitative estimate of drug-likeness (QED) is 0.558. The number of anilines is 1. The summed E-state index contributed by atoms with van der Waals surface area (Å²) in [5.74, 6) is -2.29. The molecule has 1 atom stereocenters. The van der Waals surface area contributed by atoms with Crippen LogP contribution in [0.2, 0.25) is 0 Å². The second-order valence-corrected chi connectivity index (χ2v) is 7.40. The van der Waals surface area contributed by atoms with E-state index < -0.39 is 5.76 Å². The van der Waals surface area contributed by atoms with Gasteiger partial charge in [0.05, 0.1) is 18.6 Å². The second kappa shape index (κ2) is 9.89. The van der Waals surface area contributed by atoms with Gasteiger partial charge in [-0.15, -0.1) is 0 Å². The van der Waals surface area contributed by atoms with Crippen LogP contribution in [0, 0.1) is 0 Å². The number of alkyl halides is 2. The van der Waals surface area contributed by atoms with Crippen molar-refractivity contribution in [2.24, 2.45) is 0 Å². The van der Waals surface area contributed by atoms with Crippen molar-refractivity contribution in [3.8, 4) is 5.75 Å². The fraction of sp³-hybridized carbons (Fsp3) is 0.278. The SMILES string of the molecule is COc1cc([C@H](C)NCC(=O)Nc2cccc(Br)c2)ccc1SC(F)F. The summed E-state index contributed by atoms with van der Waals surface area (Å²) in [6.07, 6.45) is 0. The fourth-order valence-electron chi connectivity index (χ4n) is 2.28. The Morgan fingerprint density at radius 2 is 2.04 bits per heavy atom. The number of ether oxygens (including phenoxy) is 1. The van der Waals surface area contributed by atoms with E-state index >= 15 is 0 Å². The molecule has 2 aromatic carbocycles. The summed E-state index contributed by atoms with van der Waals surface area (Å²) in [6, 6.07) is 12.2. The molecular weight excluding hydrogens is 426 g/mol. The Hall–Kier alpha value is -1.64. The summed E-state index contributed by atoms with van der Waals surface area (Å²) < 4.78 is 31.2. The lowest BCUT2D eigenvalue weighted by atomic mass is 10.1. The molecule has 2 N–H and O–H groups in total. The monoisotopic (exact) mass is 444 g/mol. The standard InChI is InChI=1S/C18H19BrF2N2O2S/c1-11(12-6-7-16(26-18(20)21)15(8-12)25-2)22-10-17(24)23-14-5-3-4-13(19)9-14/h3-9,11,18,22H,10H2,1-2H3,(H,23,24)/t11-/m0/s1. The molecule has 0 aliphatic heterocycles. The van der Waals surface area contributed by atoms with Crippen molar-refractivity contribution in [3.05, 3.63) is 52.5 Å². The summed E-state index contributed by atoms with van der Waals surface area (Å²) in [5, 5.41) is 5.91. The minimum atomic E-state index is -2.51. The number of benzene rings is 2. The molecule has 0 aliphatic carbocycles. The average molecular weight is 445 g/mol. The van der Waals surface area contributed by atoms with Gasteiger partial charge in [0.15, 0.2) is 0 Å². The summed E-state index contributed by atoms with van der Waals surface area (Å²) in [5.41, 5.74) is 1.55. The largest absolute Gasteiger partial charge is 0.496 e. The maximum absolute atomic E-state index is 12.6. The molecule has 2 aromatic rings. The smallest absolute Gasteiger partial charge is 0.289 e. The van der Waals surface area contributed by atoms with Crippen LogP contribution in [0.1, 0.15) is 18.5 Å². The topological polar surface area (TPSA) is 50.4 Å². The van der Waals surface area contributed by atoms with E-state index in [1.165, 1.54) is 7.11 Å². The normalized spacial score (nSPS) is 12.1. The highest BCUT2D eigenvalue weighted by molar-refractivity contribution is 9.10. The highest BCUT2D eigenvalue weighted by Gasteiger charge is 2.14. The third-order valence-corrected chi connectivity index (χ3v) is 4.84. The molecule has 0 aliphatic rings. The first-order valence-corrected chi connectivity index (χ1v) is 9.48. The first-order chi connectivity index (χ1) is 12.4. The molecule has 0 heterocycles. The van der Waals surface area contributed by atoms with E-state index in [1.54, 1.807) is 24.3 Å². The van der Waals surface area contributed by atoms with Crippen LogP contribution < -0.4 is 15.4 Å². The Kier molecular flexibility index (Phi) is 7.86. The number of methoxy groups -OCH3 is 1. The Morgan fingerprint density at radius 1 is 1.27 bits per heavy atom. The molecule has 4 nitrogen and oxygen atoms in total. The van der Waals surface area contributed by atoms with Crippen LogP contribution in [0.5, 0.6) is 5.75 Å². The zero-order valence-electron chi connectivity index (χ0n) is 14.3. The maximum Gasteiger partial charge on any atom is 0.289 e. The third kappa shape index (κ3) is 6.26. The Morgan fingerprint density at radius 3 is 2.69 bits per heavy atom. The van der Waals surface area contributed by atoms with E-state index in [2.05, 4.69) is 26.6 Å². The average Bonchev–Trinajstić information content (AvgIpc) is 2.59. The van der Waals surface area contributed by atoms with Crippen LogP contribution in [-0.4, -0.2) is 25.3 Å². The minimum Gasteiger partial charge on any atom is -0.496 e. The molecule has 0 bridgehead atoms. The summed E-state index contributed by atoms with van der Waals surface area (Å²) >= 11 is 3.80. The van der Waals surface area contributed by atoms with E-state index in [0.717, 1.165) is 10.0 Å². The molecule has 140 valence electrons. The number of amides is 1. The molecule has 8 heteroatoms. The number of nitrogens with one attached hydrogen (secondary N) is 2. The van der Waals surface area contributed by atoms with E-state index in [4.69, 9.17) is 4.74 Å². The molecule has 0 spiro atoms. The van der Waals surface area contributed by atoms with Gasteiger partial charge in [0, 0.05) is 16.2 Å². The zero-order chi connectivity index (χ0) is 19.1. The number of carbonyl (C=O) groups is 1. The van der Waals surface area contributed by atoms with Gasteiger partial charge in [-0.1, -0.05) is 39.8 Å². The lowest BCUT2D eigenvalue weighted by molar-refractivity contribution is -0.115. The van der Waals surface area contributed by atoms with Crippen molar-refractivity contribution in [3.63, 3.8) is 0 Å². The summed E-state index contributed by atoms with van der Waals surface area (Å²) in [7, 11) is 1.44. The van der Waals surface area contributed by atoms with E-state index in [9.17, 15) is 13.6 Å². The molecule has 0 fully saturated rings. The molecule has 0 radical (unpaired) electrons. The van der Waals surface area contributed by atoms with Gasteiger partial charge in [-0.25, -0.2) is 0 Å². The fourth-order valence-corrected chi connectivity index (χ4v) is 3.28. The molecule has 0 saturated heterocycles. The predicted octanol–water partition coefficient (Wildman–Crippen LogP) is 5.06. The Labute approximate surface area is 163 Å². The Bertz CT molecular complexity index is 762. The van der Waals surface area contributed by atoms with E-state index in [1.807, 2.05) is 25.1 Å². The molecule has 2 rings (SSSR count). The lowest BCUT2D eigenvalue weighted by Crippen LogP contribution is -2.30. The third-order valence-electron chi connectivity index (χ3n) is 3.58. The van der Waals surface area contributed by atoms with Crippen molar-refractivity contribution in [1.29, 1.82) is 0 Å². The first-order valence-electron chi connectivity index (χ1n) is 7.80. The van der Waals surface area contributed by atoms with Gasteiger partial charge in [-0.05, 0) is 42.8 Å². The van der Waals surface area contributed by atoms with Crippen LogP contribution >= 0.6 is 27.7 Å². The van der Waals surface area contributed by atoms with Gasteiger partial charge < -0.3 is 15.4 Å².